The van der Waals surface area contributed by atoms with Gasteiger partial charge in [0.15, 0.2) is 11.5 Å². The van der Waals surface area contributed by atoms with Crippen molar-refractivity contribution >= 4 is 10.0 Å². The van der Waals surface area contributed by atoms with Gasteiger partial charge in [-0.15, -0.1) is 0 Å². The first-order valence-electron chi connectivity index (χ1n) is 8.10. The number of rotatable bonds is 6. The summed E-state index contributed by atoms with van der Waals surface area (Å²) in [5.41, 5.74) is 1.26. The first-order chi connectivity index (χ1) is 12.3. The van der Waals surface area contributed by atoms with Crippen molar-refractivity contribution in [2.24, 2.45) is 0 Å². The Morgan fingerprint density at radius 1 is 1.15 bits per heavy atom. The topological polar surface area (TPSA) is 67.9 Å². The molecule has 3 rings (SSSR count). The molecular formula is C18H21FN2O4S. The number of hydrogen-bond donors (Lipinski definition) is 1. The average molecular weight is 380 g/mol. The zero-order valence-corrected chi connectivity index (χ0v) is 15.6. The van der Waals surface area contributed by atoms with Crippen molar-refractivity contribution in [3.63, 3.8) is 0 Å². The zero-order valence-electron chi connectivity index (χ0n) is 14.8. The molecule has 0 spiro atoms. The van der Waals surface area contributed by atoms with Gasteiger partial charge in [0.2, 0.25) is 16.8 Å². The van der Waals surface area contributed by atoms with Gasteiger partial charge < -0.3 is 14.4 Å². The van der Waals surface area contributed by atoms with Gasteiger partial charge in [0.1, 0.15) is 5.82 Å². The predicted molar refractivity (Wildman–Crippen MR) is 95.3 cm³/mol. The van der Waals surface area contributed by atoms with Crippen LogP contribution in [0, 0.1) is 12.7 Å². The van der Waals surface area contributed by atoms with Gasteiger partial charge in [-0.3, -0.25) is 0 Å². The molecule has 0 bridgehead atoms. The van der Waals surface area contributed by atoms with E-state index in [0.717, 1.165) is 11.6 Å². The summed E-state index contributed by atoms with van der Waals surface area (Å²) in [6.07, 6.45) is 0. The summed E-state index contributed by atoms with van der Waals surface area (Å²) < 4.78 is 51.8. The van der Waals surface area contributed by atoms with Crippen molar-refractivity contribution in [2.45, 2.75) is 17.9 Å². The maximum Gasteiger partial charge on any atom is 0.240 e. The Morgan fingerprint density at radius 3 is 2.58 bits per heavy atom. The van der Waals surface area contributed by atoms with Crippen molar-refractivity contribution in [1.29, 1.82) is 0 Å². The molecular weight excluding hydrogens is 359 g/mol. The normalized spacial score (nSPS) is 14.7. The molecule has 2 aromatic rings. The number of aryl methyl sites for hydroxylation is 1. The second-order valence-corrected chi connectivity index (χ2v) is 8.09. The van der Waals surface area contributed by atoms with Gasteiger partial charge in [-0.2, -0.15) is 0 Å². The quantitative estimate of drug-likeness (QED) is 0.834. The SMILES string of the molecule is Cc1cc(F)ccc1S(=O)(=O)NCC(c1ccc2c(c1)OCO2)N(C)C. The fraction of sp³-hybridized carbons (Fsp3) is 0.333. The van der Waals surface area contributed by atoms with Crippen LogP contribution in [0.3, 0.4) is 0 Å². The standard InChI is InChI=1S/C18H21FN2O4S/c1-12-8-14(19)5-7-18(12)26(22,23)20-10-15(21(2)3)13-4-6-16-17(9-13)25-11-24-16/h4-9,15,20H,10-11H2,1-3H3. The van der Waals surface area contributed by atoms with Crippen LogP contribution in [0.1, 0.15) is 17.2 Å². The molecule has 0 saturated heterocycles. The van der Waals surface area contributed by atoms with Gasteiger partial charge in [0, 0.05) is 12.6 Å². The lowest BCUT2D eigenvalue weighted by Crippen LogP contribution is -2.34. The van der Waals surface area contributed by atoms with Crippen LogP contribution in [-0.4, -0.2) is 40.8 Å². The molecule has 140 valence electrons. The van der Waals surface area contributed by atoms with E-state index in [1.165, 1.54) is 12.1 Å². The molecule has 1 unspecified atom stereocenters. The summed E-state index contributed by atoms with van der Waals surface area (Å²) in [5, 5.41) is 0. The molecule has 1 atom stereocenters. The van der Waals surface area contributed by atoms with Crippen molar-refractivity contribution in [3.05, 3.63) is 53.3 Å². The highest BCUT2D eigenvalue weighted by atomic mass is 32.2. The number of halogens is 1. The van der Waals surface area contributed by atoms with Gasteiger partial charge in [-0.05, 0) is 62.5 Å². The third-order valence-corrected chi connectivity index (χ3v) is 5.88. The molecule has 0 radical (unpaired) electrons. The molecule has 2 aromatic carbocycles. The van der Waals surface area contributed by atoms with Crippen molar-refractivity contribution in [1.82, 2.24) is 9.62 Å². The Morgan fingerprint density at radius 2 is 1.88 bits per heavy atom. The molecule has 1 heterocycles. The summed E-state index contributed by atoms with van der Waals surface area (Å²) >= 11 is 0. The van der Waals surface area contributed by atoms with Crippen LogP contribution in [0.2, 0.25) is 0 Å². The molecule has 0 aromatic heterocycles. The van der Waals surface area contributed by atoms with E-state index >= 15 is 0 Å². The van der Waals surface area contributed by atoms with Crippen LogP contribution in [0.15, 0.2) is 41.3 Å². The van der Waals surface area contributed by atoms with E-state index in [9.17, 15) is 12.8 Å². The largest absolute Gasteiger partial charge is 0.454 e. The van der Waals surface area contributed by atoms with Gasteiger partial charge in [0.05, 0.1) is 4.90 Å². The van der Waals surface area contributed by atoms with E-state index in [-0.39, 0.29) is 24.3 Å². The lowest BCUT2D eigenvalue weighted by atomic mass is 10.1. The highest BCUT2D eigenvalue weighted by molar-refractivity contribution is 7.89. The minimum absolute atomic E-state index is 0.0714. The van der Waals surface area contributed by atoms with Crippen LogP contribution >= 0.6 is 0 Å². The number of benzene rings is 2. The molecule has 0 saturated carbocycles. The van der Waals surface area contributed by atoms with Gasteiger partial charge in [0.25, 0.3) is 0 Å². The van der Waals surface area contributed by atoms with E-state index in [0.29, 0.717) is 17.1 Å². The monoisotopic (exact) mass is 380 g/mol. The molecule has 1 aliphatic heterocycles. The van der Waals surface area contributed by atoms with Gasteiger partial charge >= 0.3 is 0 Å². The zero-order chi connectivity index (χ0) is 18.9. The molecule has 0 amide bonds. The van der Waals surface area contributed by atoms with Gasteiger partial charge in [-0.1, -0.05) is 6.07 Å². The molecule has 1 N–H and O–H groups in total. The number of hydrogen-bond acceptors (Lipinski definition) is 5. The van der Waals surface area contributed by atoms with E-state index in [2.05, 4.69) is 4.72 Å². The van der Waals surface area contributed by atoms with Gasteiger partial charge in [-0.25, -0.2) is 17.5 Å². The fourth-order valence-electron chi connectivity index (χ4n) is 2.90. The molecule has 1 aliphatic rings. The van der Waals surface area contributed by atoms with Crippen LogP contribution in [0.4, 0.5) is 4.39 Å². The van der Waals surface area contributed by atoms with E-state index in [1.807, 2.05) is 37.2 Å². The number of nitrogens with one attached hydrogen (secondary N) is 1. The minimum Gasteiger partial charge on any atom is -0.454 e. The molecule has 8 heteroatoms. The Bertz CT molecular complexity index is 915. The Balaban J connectivity index is 1.80. The Kier molecular flexibility index (Phi) is 5.17. The van der Waals surface area contributed by atoms with Crippen LogP contribution in [-0.2, 0) is 10.0 Å². The summed E-state index contributed by atoms with van der Waals surface area (Å²) in [7, 11) is -0.0196. The van der Waals surface area contributed by atoms with E-state index in [4.69, 9.17) is 9.47 Å². The number of nitrogens with zero attached hydrogens (tertiary/aromatic N) is 1. The van der Waals surface area contributed by atoms with Crippen molar-refractivity contribution in [3.8, 4) is 11.5 Å². The average Bonchev–Trinajstić information content (AvgIpc) is 3.02. The second kappa shape index (κ2) is 7.22. The maximum absolute atomic E-state index is 13.2. The highest BCUT2D eigenvalue weighted by Gasteiger charge is 2.23. The summed E-state index contributed by atoms with van der Waals surface area (Å²) in [5.74, 6) is 0.855. The van der Waals surface area contributed by atoms with Crippen LogP contribution < -0.4 is 14.2 Å². The third-order valence-electron chi connectivity index (χ3n) is 4.30. The Labute approximate surface area is 152 Å². The number of ether oxygens (including phenoxy) is 2. The molecule has 0 aliphatic carbocycles. The Hall–Kier alpha value is -2.16. The van der Waals surface area contributed by atoms with Crippen LogP contribution in [0.25, 0.3) is 0 Å². The smallest absolute Gasteiger partial charge is 0.240 e. The van der Waals surface area contributed by atoms with E-state index in [1.54, 1.807) is 6.92 Å². The minimum atomic E-state index is -3.76. The lowest BCUT2D eigenvalue weighted by Gasteiger charge is -2.25. The first-order valence-corrected chi connectivity index (χ1v) is 9.58. The number of likely N-dealkylation sites (N-methyl/N-ethyl adjacent to an activating group) is 1. The molecule has 6 nitrogen and oxygen atoms in total. The number of sulfonamides is 1. The maximum atomic E-state index is 13.2. The second-order valence-electron chi connectivity index (χ2n) is 6.35. The lowest BCUT2D eigenvalue weighted by molar-refractivity contribution is 0.174. The third kappa shape index (κ3) is 3.82. The molecule has 0 fully saturated rings. The van der Waals surface area contributed by atoms with E-state index < -0.39 is 15.8 Å². The number of fused-ring (bicyclic) bond motifs is 1. The van der Waals surface area contributed by atoms with Crippen LogP contribution in [0.5, 0.6) is 11.5 Å². The summed E-state index contributed by atoms with van der Waals surface area (Å²) in [6, 6.07) is 8.96. The van der Waals surface area contributed by atoms with Crippen molar-refractivity contribution < 1.29 is 22.3 Å². The highest BCUT2D eigenvalue weighted by Crippen LogP contribution is 2.35. The summed E-state index contributed by atoms with van der Waals surface area (Å²) in [6.45, 7) is 1.91. The summed E-state index contributed by atoms with van der Waals surface area (Å²) in [4.78, 5) is 1.99. The predicted octanol–water partition coefficient (Wildman–Crippen LogP) is 2.44. The van der Waals surface area contributed by atoms with Crippen molar-refractivity contribution in [2.75, 3.05) is 27.4 Å². The fourth-order valence-corrected chi connectivity index (χ4v) is 4.16. The molecule has 26 heavy (non-hydrogen) atoms. The first kappa shape index (κ1) is 18.6.